The van der Waals surface area contributed by atoms with Gasteiger partial charge in [-0.05, 0) is 11.6 Å². The molecule has 6 nitrogen and oxygen atoms in total. The molecule has 0 aliphatic heterocycles. The molecule has 19 heavy (non-hydrogen) atoms. The Labute approximate surface area is 111 Å². The standard InChI is InChI=1S/C11H10FN3O3S/c12-9-3-7(1-2-10(9)15(17)18)4-13-5-8-6-19-11(16)14-8/h1-3,6,13H,4-5H2,(H,14,16). The molecule has 0 saturated heterocycles. The van der Waals surface area contributed by atoms with E-state index in [4.69, 9.17) is 0 Å². The molecule has 2 aromatic rings. The van der Waals surface area contributed by atoms with Gasteiger partial charge < -0.3 is 10.3 Å². The average Bonchev–Trinajstić information content (AvgIpc) is 2.75. The predicted molar refractivity (Wildman–Crippen MR) is 68.5 cm³/mol. The maximum atomic E-state index is 13.3. The smallest absolute Gasteiger partial charge is 0.304 e. The number of thiazole rings is 1. The van der Waals surface area contributed by atoms with Crippen LogP contribution in [0.4, 0.5) is 10.1 Å². The number of hydrogen-bond acceptors (Lipinski definition) is 5. The van der Waals surface area contributed by atoms with E-state index in [0.29, 0.717) is 18.7 Å². The Bertz CT molecular complexity index is 653. The molecule has 2 N–H and O–H groups in total. The van der Waals surface area contributed by atoms with Crippen LogP contribution < -0.4 is 10.2 Å². The number of nitrogens with zero attached hydrogens (tertiary/aromatic N) is 1. The summed E-state index contributed by atoms with van der Waals surface area (Å²) in [6, 6.07) is 3.75. The van der Waals surface area contributed by atoms with Crippen molar-refractivity contribution in [1.82, 2.24) is 10.3 Å². The van der Waals surface area contributed by atoms with Gasteiger partial charge in [0.25, 0.3) is 0 Å². The lowest BCUT2D eigenvalue weighted by Gasteiger charge is -2.03. The summed E-state index contributed by atoms with van der Waals surface area (Å²) in [5.41, 5.74) is 0.809. The van der Waals surface area contributed by atoms with Gasteiger partial charge in [-0.3, -0.25) is 14.9 Å². The van der Waals surface area contributed by atoms with Crippen LogP contribution in [0.2, 0.25) is 0 Å². The Kier molecular flexibility index (Phi) is 4.03. The zero-order chi connectivity index (χ0) is 13.8. The molecular weight excluding hydrogens is 273 g/mol. The monoisotopic (exact) mass is 283 g/mol. The maximum absolute atomic E-state index is 13.3. The van der Waals surface area contributed by atoms with Crippen LogP contribution in [0, 0.1) is 15.9 Å². The van der Waals surface area contributed by atoms with E-state index in [9.17, 15) is 19.3 Å². The minimum Gasteiger partial charge on any atom is -0.315 e. The van der Waals surface area contributed by atoms with Crippen LogP contribution in [0.25, 0.3) is 0 Å². The van der Waals surface area contributed by atoms with Crippen molar-refractivity contribution in [3.63, 3.8) is 0 Å². The Morgan fingerprint density at radius 1 is 1.42 bits per heavy atom. The van der Waals surface area contributed by atoms with Crippen molar-refractivity contribution in [2.45, 2.75) is 13.1 Å². The van der Waals surface area contributed by atoms with Crippen LogP contribution in [-0.4, -0.2) is 9.91 Å². The van der Waals surface area contributed by atoms with E-state index in [1.807, 2.05) is 0 Å². The topological polar surface area (TPSA) is 88.0 Å². The molecule has 0 aliphatic carbocycles. The molecule has 0 spiro atoms. The molecule has 0 fully saturated rings. The minimum atomic E-state index is -0.853. The van der Waals surface area contributed by atoms with Crippen molar-refractivity contribution in [3.8, 4) is 0 Å². The highest BCUT2D eigenvalue weighted by molar-refractivity contribution is 7.07. The molecule has 0 bridgehead atoms. The maximum Gasteiger partial charge on any atom is 0.304 e. The second-order valence-electron chi connectivity index (χ2n) is 3.82. The Hall–Kier alpha value is -2.06. The predicted octanol–water partition coefficient (Wildman–Crippen LogP) is 1.77. The van der Waals surface area contributed by atoms with Gasteiger partial charge in [-0.2, -0.15) is 4.39 Å². The highest BCUT2D eigenvalue weighted by Crippen LogP contribution is 2.17. The molecule has 0 saturated carbocycles. The van der Waals surface area contributed by atoms with Gasteiger partial charge in [0.2, 0.25) is 5.82 Å². The lowest BCUT2D eigenvalue weighted by Crippen LogP contribution is -2.14. The third-order valence-corrected chi connectivity index (χ3v) is 3.14. The third-order valence-electron chi connectivity index (χ3n) is 2.42. The van der Waals surface area contributed by atoms with Crippen LogP contribution in [0.15, 0.2) is 28.4 Å². The lowest BCUT2D eigenvalue weighted by molar-refractivity contribution is -0.387. The van der Waals surface area contributed by atoms with E-state index < -0.39 is 16.4 Å². The van der Waals surface area contributed by atoms with Gasteiger partial charge in [-0.25, -0.2) is 0 Å². The number of nitro groups is 1. The van der Waals surface area contributed by atoms with Crippen molar-refractivity contribution < 1.29 is 9.31 Å². The molecule has 100 valence electrons. The minimum absolute atomic E-state index is 0.127. The fraction of sp³-hybridized carbons (Fsp3) is 0.182. The summed E-state index contributed by atoms with van der Waals surface area (Å²) in [5.74, 6) is -0.853. The number of halogens is 1. The lowest BCUT2D eigenvalue weighted by atomic mass is 10.2. The SMILES string of the molecule is O=c1[nH]c(CNCc2ccc([N+](=O)[O-])c(F)c2)cs1. The largest absolute Gasteiger partial charge is 0.315 e. The first-order chi connectivity index (χ1) is 9.06. The van der Waals surface area contributed by atoms with E-state index in [-0.39, 0.29) is 4.87 Å². The van der Waals surface area contributed by atoms with Gasteiger partial charge in [0, 0.05) is 30.2 Å². The Morgan fingerprint density at radius 2 is 2.21 bits per heavy atom. The number of rotatable bonds is 5. The van der Waals surface area contributed by atoms with Crippen molar-refractivity contribution in [3.05, 3.63) is 60.4 Å². The van der Waals surface area contributed by atoms with Gasteiger partial charge in [0.05, 0.1) is 4.92 Å². The van der Waals surface area contributed by atoms with Crippen molar-refractivity contribution in [1.29, 1.82) is 0 Å². The first-order valence-corrected chi connectivity index (χ1v) is 6.24. The highest BCUT2D eigenvalue weighted by atomic mass is 32.1. The number of nitrogens with one attached hydrogen (secondary N) is 2. The summed E-state index contributed by atoms with van der Waals surface area (Å²) in [6.45, 7) is 0.796. The second-order valence-corrected chi connectivity index (χ2v) is 4.66. The first kappa shape index (κ1) is 13.4. The summed E-state index contributed by atoms with van der Waals surface area (Å²) in [5, 5.41) is 15.2. The molecule has 0 aliphatic rings. The van der Waals surface area contributed by atoms with Crippen molar-refractivity contribution in [2.24, 2.45) is 0 Å². The molecular formula is C11H10FN3O3S. The molecule has 1 aromatic heterocycles. The summed E-state index contributed by atoms with van der Waals surface area (Å²) in [6.07, 6.45) is 0. The van der Waals surface area contributed by atoms with Crippen LogP contribution in [0.3, 0.4) is 0 Å². The van der Waals surface area contributed by atoms with Gasteiger partial charge >= 0.3 is 10.6 Å². The van der Waals surface area contributed by atoms with E-state index in [2.05, 4.69) is 10.3 Å². The molecule has 1 heterocycles. The molecule has 0 unspecified atom stereocenters. The number of aromatic amines is 1. The molecule has 0 amide bonds. The normalized spacial score (nSPS) is 10.6. The van der Waals surface area contributed by atoms with Gasteiger partial charge in [-0.15, -0.1) is 0 Å². The number of hydrogen-bond donors (Lipinski definition) is 2. The molecule has 0 atom stereocenters. The van der Waals surface area contributed by atoms with Crippen molar-refractivity contribution in [2.75, 3.05) is 0 Å². The number of benzene rings is 1. The van der Waals surface area contributed by atoms with Gasteiger partial charge in [0.1, 0.15) is 0 Å². The number of aromatic nitrogens is 1. The fourth-order valence-electron chi connectivity index (χ4n) is 1.55. The number of H-pyrrole nitrogens is 1. The Balaban J connectivity index is 1.95. The number of nitro benzene ring substituents is 1. The second kappa shape index (κ2) is 5.72. The average molecular weight is 283 g/mol. The van der Waals surface area contributed by atoms with E-state index in [0.717, 1.165) is 29.2 Å². The molecule has 1 aromatic carbocycles. The Morgan fingerprint density at radius 3 is 2.79 bits per heavy atom. The van der Waals surface area contributed by atoms with E-state index >= 15 is 0 Å². The summed E-state index contributed by atoms with van der Waals surface area (Å²) < 4.78 is 13.3. The van der Waals surface area contributed by atoms with Crippen LogP contribution in [0.1, 0.15) is 11.3 Å². The first-order valence-electron chi connectivity index (χ1n) is 5.36. The van der Waals surface area contributed by atoms with Crippen LogP contribution in [-0.2, 0) is 13.1 Å². The summed E-state index contributed by atoms with van der Waals surface area (Å²) >= 11 is 1.07. The molecule has 8 heteroatoms. The van der Waals surface area contributed by atoms with Crippen LogP contribution in [0.5, 0.6) is 0 Å². The molecule has 2 rings (SSSR count). The summed E-state index contributed by atoms with van der Waals surface area (Å²) in [4.78, 5) is 23.1. The fourth-order valence-corrected chi connectivity index (χ4v) is 2.13. The summed E-state index contributed by atoms with van der Waals surface area (Å²) in [7, 11) is 0. The van der Waals surface area contributed by atoms with Crippen LogP contribution >= 0.6 is 11.3 Å². The highest BCUT2D eigenvalue weighted by Gasteiger charge is 2.13. The zero-order valence-electron chi connectivity index (χ0n) is 9.68. The van der Waals surface area contributed by atoms with E-state index in [1.165, 1.54) is 6.07 Å². The third kappa shape index (κ3) is 3.46. The van der Waals surface area contributed by atoms with E-state index in [1.54, 1.807) is 5.38 Å². The van der Waals surface area contributed by atoms with Gasteiger partial charge in [0.15, 0.2) is 0 Å². The van der Waals surface area contributed by atoms with Crippen molar-refractivity contribution >= 4 is 17.0 Å². The zero-order valence-corrected chi connectivity index (χ0v) is 10.5. The van der Waals surface area contributed by atoms with Gasteiger partial charge in [-0.1, -0.05) is 17.4 Å². The quantitative estimate of drug-likeness (QED) is 0.646. The molecule has 0 radical (unpaired) electrons.